The number of amides is 1. The molecule has 0 atom stereocenters. The molecule has 0 fully saturated rings. The van der Waals surface area contributed by atoms with E-state index in [9.17, 15) is 13.2 Å². The standard InChI is InChI=1S/C22H28Cl2N2O3S2/c1-16-6-4-7-21(17(16)2)26(31(3,28)29)12-5-8-22(27)25-11-13-30-15-18-9-10-19(23)20(24)14-18/h4,6-7,9-10,14H,5,8,11-13,15H2,1-3H3,(H,25,27). The van der Waals surface area contributed by atoms with Gasteiger partial charge in [-0.05, 0) is 55.2 Å². The van der Waals surface area contributed by atoms with Crippen LogP contribution in [0.5, 0.6) is 0 Å². The maximum atomic E-state index is 12.3. The van der Waals surface area contributed by atoms with E-state index in [1.165, 1.54) is 10.6 Å². The lowest BCUT2D eigenvalue weighted by molar-refractivity contribution is -0.121. The van der Waals surface area contributed by atoms with Crippen molar-refractivity contribution in [1.82, 2.24) is 5.32 Å². The third-order valence-electron chi connectivity index (χ3n) is 4.83. The Kier molecular flexibility index (Phi) is 10.0. The number of thioether (sulfide) groups is 1. The summed E-state index contributed by atoms with van der Waals surface area (Å²) in [6.07, 6.45) is 1.91. The molecule has 0 aliphatic heterocycles. The quantitative estimate of drug-likeness (QED) is 0.428. The second-order valence-corrected chi connectivity index (χ2v) is 11.1. The third-order valence-corrected chi connectivity index (χ3v) is 7.78. The lowest BCUT2D eigenvalue weighted by Crippen LogP contribution is -2.33. The van der Waals surface area contributed by atoms with Crippen LogP contribution in [0, 0.1) is 13.8 Å². The predicted molar refractivity (Wildman–Crippen MR) is 133 cm³/mol. The number of halogens is 2. The van der Waals surface area contributed by atoms with Crippen molar-refractivity contribution in [3.63, 3.8) is 0 Å². The molecule has 1 amide bonds. The molecule has 1 N–H and O–H groups in total. The average Bonchev–Trinajstić information content (AvgIpc) is 2.69. The van der Waals surface area contributed by atoms with Crippen molar-refractivity contribution in [1.29, 1.82) is 0 Å². The molecule has 0 radical (unpaired) electrons. The predicted octanol–water partition coefficient (Wildman–Crippen LogP) is 5.21. The van der Waals surface area contributed by atoms with Crippen LogP contribution in [0.2, 0.25) is 10.0 Å². The van der Waals surface area contributed by atoms with Gasteiger partial charge in [-0.25, -0.2) is 8.42 Å². The summed E-state index contributed by atoms with van der Waals surface area (Å²) < 4.78 is 25.9. The summed E-state index contributed by atoms with van der Waals surface area (Å²) in [7, 11) is -3.43. The van der Waals surface area contributed by atoms with Crippen LogP contribution in [-0.4, -0.2) is 39.4 Å². The number of nitrogens with zero attached hydrogens (tertiary/aromatic N) is 1. The van der Waals surface area contributed by atoms with E-state index in [0.717, 1.165) is 28.2 Å². The number of rotatable bonds is 11. The first-order valence-electron chi connectivity index (χ1n) is 9.92. The molecule has 170 valence electrons. The van der Waals surface area contributed by atoms with E-state index in [4.69, 9.17) is 23.2 Å². The highest BCUT2D eigenvalue weighted by Gasteiger charge is 2.19. The molecule has 0 heterocycles. The highest BCUT2D eigenvalue weighted by atomic mass is 35.5. The topological polar surface area (TPSA) is 66.5 Å². The molecule has 2 aromatic carbocycles. The lowest BCUT2D eigenvalue weighted by Gasteiger charge is -2.24. The van der Waals surface area contributed by atoms with E-state index < -0.39 is 10.0 Å². The normalized spacial score (nSPS) is 11.4. The minimum absolute atomic E-state index is 0.0791. The molecule has 31 heavy (non-hydrogen) atoms. The minimum Gasteiger partial charge on any atom is -0.355 e. The molecule has 5 nitrogen and oxygen atoms in total. The van der Waals surface area contributed by atoms with Crippen molar-refractivity contribution >= 4 is 56.6 Å². The molecule has 0 spiro atoms. The molecule has 0 bridgehead atoms. The Morgan fingerprint density at radius 2 is 1.87 bits per heavy atom. The fourth-order valence-electron chi connectivity index (χ4n) is 3.02. The summed E-state index contributed by atoms with van der Waals surface area (Å²) in [6, 6.07) is 11.2. The monoisotopic (exact) mass is 502 g/mol. The number of nitrogens with one attached hydrogen (secondary N) is 1. The summed E-state index contributed by atoms with van der Waals surface area (Å²) in [5.41, 5.74) is 3.71. The van der Waals surface area contributed by atoms with Crippen molar-refractivity contribution in [2.24, 2.45) is 0 Å². The number of hydrogen-bond acceptors (Lipinski definition) is 4. The van der Waals surface area contributed by atoms with Crippen molar-refractivity contribution in [2.45, 2.75) is 32.4 Å². The molecule has 0 unspecified atom stereocenters. The number of carbonyl (C=O) groups is 1. The molecule has 0 saturated carbocycles. The second kappa shape index (κ2) is 12.0. The number of sulfonamides is 1. The van der Waals surface area contributed by atoms with Gasteiger partial charge in [-0.15, -0.1) is 0 Å². The van der Waals surface area contributed by atoms with Gasteiger partial charge in [-0.3, -0.25) is 9.10 Å². The summed E-state index contributed by atoms with van der Waals surface area (Å²) in [5, 5.41) is 3.96. The van der Waals surface area contributed by atoms with Gasteiger partial charge in [-0.1, -0.05) is 41.4 Å². The summed E-state index contributed by atoms with van der Waals surface area (Å²) in [6.45, 7) is 4.68. The SMILES string of the molecule is Cc1cccc(N(CCCC(=O)NCCSCc2ccc(Cl)c(Cl)c2)S(C)(=O)=O)c1C. The largest absolute Gasteiger partial charge is 0.355 e. The van der Waals surface area contributed by atoms with Crippen LogP contribution in [0.1, 0.15) is 29.5 Å². The molecular weight excluding hydrogens is 475 g/mol. The van der Waals surface area contributed by atoms with Crippen LogP contribution in [0.15, 0.2) is 36.4 Å². The van der Waals surface area contributed by atoms with Crippen LogP contribution in [0.25, 0.3) is 0 Å². The van der Waals surface area contributed by atoms with Crippen LogP contribution < -0.4 is 9.62 Å². The van der Waals surface area contributed by atoms with E-state index in [2.05, 4.69) is 5.32 Å². The van der Waals surface area contributed by atoms with Gasteiger partial charge in [0.1, 0.15) is 0 Å². The first-order chi connectivity index (χ1) is 14.6. The second-order valence-electron chi connectivity index (χ2n) is 7.31. The summed E-state index contributed by atoms with van der Waals surface area (Å²) in [5.74, 6) is 1.47. The maximum Gasteiger partial charge on any atom is 0.232 e. The minimum atomic E-state index is -3.43. The zero-order valence-electron chi connectivity index (χ0n) is 18.0. The highest BCUT2D eigenvalue weighted by molar-refractivity contribution is 7.98. The van der Waals surface area contributed by atoms with Gasteiger partial charge in [0.15, 0.2) is 0 Å². The Hall–Kier alpha value is -1.41. The summed E-state index contributed by atoms with van der Waals surface area (Å²) in [4.78, 5) is 12.1. The number of hydrogen-bond donors (Lipinski definition) is 1. The molecule has 9 heteroatoms. The Morgan fingerprint density at radius 1 is 1.13 bits per heavy atom. The smallest absolute Gasteiger partial charge is 0.232 e. The fourth-order valence-corrected chi connectivity index (χ4v) is 5.17. The van der Waals surface area contributed by atoms with Gasteiger partial charge in [-0.2, -0.15) is 11.8 Å². The Bertz CT molecular complexity index is 1010. The van der Waals surface area contributed by atoms with Gasteiger partial charge in [0.25, 0.3) is 0 Å². The van der Waals surface area contributed by atoms with Crippen molar-refractivity contribution in [2.75, 3.05) is 29.4 Å². The van der Waals surface area contributed by atoms with Crippen molar-refractivity contribution in [3.05, 3.63) is 63.1 Å². The van der Waals surface area contributed by atoms with Gasteiger partial charge in [0.2, 0.25) is 15.9 Å². The molecule has 0 aliphatic rings. The molecule has 0 aliphatic carbocycles. The first kappa shape index (κ1) is 25.8. The van der Waals surface area contributed by atoms with Gasteiger partial charge in [0.05, 0.1) is 22.0 Å². The van der Waals surface area contributed by atoms with E-state index in [-0.39, 0.29) is 18.9 Å². The van der Waals surface area contributed by atoms with Crippen LogP contribution in [0.4, 0.5) is 5.69 Å². The first-order valence-corrected chi connectivity index (χ1v) is 13.7. The van der Waals surface area contributed by atoms with Crippen LogP contribution in [0.3, 0.4) is 0 Å². The zero-order valence-corrected chi connectivity index (χ0v) is 21.1. The average molecular weight is 504 g/mol. The number of anilines is 1. The maximum absolute atomic E-state index is 12.3. The van der Waals surface area contributed by atoms with Crippen molar-refractivity contribution in [3.8, 4) is 0 Å². The van der Waals surface area contributed by atoms with Gasteiger partial charge in [0, 0.05) is 31.0 Å². The summed E-state index contributed by atoms with van der Waals surface area (Å²) >= 11 is 13.6. The van der Waals surface area contributed by atoms with E-state index in [1.807, 2.05) is 38.1 Å². The van der Waals surface area contributed by atoms with Gasteiger partial charge >= 0.3 is 0 Å². The molecular formula is C22H28Cl2N2O3S2. The van der Waals surface area contributed by atoms with E-state index in [1.54, 1.807) is 23.9 Å². The molecule has 2 aromatic rings. The van der Waals surface area contributed by atoms with Crippen molar-refractivity contribution < 1.29 is 13.2 Å². The van der Waals surface area contributed by atoms with Gasteiger partial charge < -0.3 is 5.32 Å². The number of carbonyl (C=O) groups excluding carboxylic acids is 1. The Balaban J connectivity index is 1.74. The van der Waals surface area contributed by atoms with E-state index >= 15 is 0 Å². The Labute approximate surface area is 199 Å². The Morgan fingerprint density at radius 3 is 2.55 bits per heavy atom. The van der Waals surface area contributed by atoms with E-state index in [0.29, 0.717) is 28.7 Å². The highest BCUT2D eigenvalue weighted by Crippen LogP contribution is 2.26. The fraction of sp³-hybridized carbons (Fsp3) is 0.409. The molecule has 0 saturated heterocycles. The molecule has 2 rings (SSSR count). The third kappa shape index (κ3) is 8.22. The van der Waals surface area contributed by atoms with Crippen LogP contribution >= 0.6 is 35.0 Å². The molecule has 0 aromatic heterocycles. The lowest BCUT2D eigenvalue weighted by atomic mass is 10.1. The number of aryl methyl sites for hydroxylation is 1. The number of benzene rings is 2. The van der Waals surface area contributed by atoms with Crippen LogP contribution in [-0.2, 0) is 20.6 Å². The zero-order chi connectivity index (χ0) is 23.0.